The number of halogens is 1. The van der Waals surface area contributed by atoms with Gasteiger partial charge in [0.25, 0.3) is 5.56 Å². The van der Waals surface area contributed by atoms with E-state index in [9.17, 15) is 14.0 Å². The van der Waals surface area contributed by atoms with Crippen molar-refractivity contribution in [2.45, 2.75) is 50.2 Å². The number of carbonyl (C=O) groups excluding carboxylic acids is 1. The van der Waals surface area contributed by atoms with Gasteiger partial charge >= 0.3 is 0 Å². The molecule has 0 saturated carbocycles. The SMILES string of the molecule is CC(C)n1c(S[C@H](C)C(=O)N[C@@H](C)c2ccc(F)cc2)nc2ccccc2c1=O. The number of amides is 1. The molecule has 0 fully saturated rings. The maximum absolute atomic E-state index is 13.1. The Hall–Kier alpha value is -2.67. The molecule has 152 valence electrons. The van der Waals surface area contributed by atoms with Crippen LogP contribution >= 0.6 is 11.8 Å². The molecule has 0 spiro atoms. The lowest BCUT2D eigenvalue weighted by molar-refractivity contribution is -0.120. The molecule has 2 atom stereocenters. The predicted octanol–water partition coefficient (Wildman–Crippen LogP) is 4.47. The Morgan fingerprint density at radius 1 is 1.07 bits per heavy atom. The lowest BCUT2D eigenvalue weighted by atomic mass is 10.1. The molecule has 1 N–H and O–H groups in total. The lowest BCUT2D eigenvalue weighted by Gasteiger charge is -2.20. The van der Waals surface area contributed by atoms with Gasteiger partial charge in [-0.15, -0.1) is 0 Å². The number of hydrogen-bond donors (Lipinski definition) is 1. The molecule has 0 aliphatic carbocycles. The normalized spacial score (nSPS) is 13.4. The highest BCUT2D eigenvalue weighted by Crippen LogP contribution is 2.25. The molecular weight excluding hydrogens is 389 g/mol. The first kappa shape index (κ1) is 21.0. The molecule has 0 bridgehead atoms. The van der Waals surface area contributed by atoms with Crippen LogP contribution in [-0.4, -0.2) is 20.7 Å². The molecule has 0 aliphatic rings. The Kier molecular flexibility index (Phi) is 6.37. The number of hydrogen-bond acceptors (Lipinski definition) is 4. The summed E-state index contributed by atoms with van der Waals surface area (Å²) in [5.74, 6) is -0.491. The molecule has 5 nitrogen and oxygen atoms in total. The number of benzene rings is 2. The molecular formula is C22H24FN3O2S. The lowest BCUT2D eigenvalue weighted by Crippen LogP contribution is -2.34. The van der Waals surface area contributed by atoms with Gasteiger partial charge in [0.15, 0.2) is 5.16 Å². The smallest absolute Gasteiger partial charge is 0.262 e. The highest BCUT2D eigenvalue weighted by molar-refractivity contribution is 8.00. The van der Waals surface area contributed by atoms with Crippen LogP contribution in [0.3, 0.4) is 0 Å². The highest BCUT2D eigenvalue weighted by atomic mass is 32.2. The maximum Gasteiger partial charge on any atom is 0.262 e. The molecule has 0 radical (unpaired) electrons. The van der Waals surface area contributed by atoms with Gasteiger partial charge in [-0.2, -0.15) is 0 Å². The van der Waals surface area contributed by atoms with Crippen LogP contribution in [0, 0.1) is 5.82 Å². The molecule has 2 aromatic carbocycles. The van der Waals surface area contributed by atoms with Gasteiger partial charge in [0.1, 0.15) is 5.82 Å². The van der Waals surface area contributed by atoms with Crippen LogP contribution in [0.4, 0.5) is 4.39 Å². The molecule has 1 amide bonds. The minimum Gasteiger partial charge on any atom is -0.349 e. The average molecular weight is 414 g/mol. The Morgan fingerprint density at radius 2 is 1.72 bits per heavy atom. The summed E-state index contributed by atoms with van der Waals surface area (Å²) in [5, 5.41) is 3.55. The van der Waals surface area contributed by atoms with Gasteiger partial charge in [0.05, 0.1) is 22.2 Å². The van der Waals surface area contributed by atoms with E-state index in [1.165, 1.54) is 23.9 Å². The van der Waals surface area contributed by atoms with E-state index in [1.54, 1.807) is 35.8 Å². The Bertz CT molecular complexity index is 1080. The molecule has 0 aliphatic heterocycles. The van der Waals surface area contributed by atoms with Crippen molar-refractivity contribution in [3.63, 3.8) is 0 Å². The van der Waals surface area contributed by atoms with E-state index in [1.807, 2.05) is 32.9 Å². The predicted molar refractivity (Wildman–Crippen MR) is 115 cm³/mol. The first-order valence-corrected chi connectivity index (χ1v) is 10.4. The molecule has 29 heavy (non-hydrogen) atoms. The second-order valence-corrected chi connectivity index (χ2v) is 8.53. The van der Waals surface area contributed by atoms with E-state index in [4.69, 9.17) is 0 Å². The van der Waals surface area contributed by atoms with E-state index in [0.717, 1.165) is 5.56 Å². The zero-order valence-electron chi connectivity index (χ0n) is 16.8. The Morgan fingerprint density at radius 3 is 2.38 bits per heavy atom. The first-order valence-electron chi connectivity index (χ1n) is 9.51. The fraction of sp³-hybridized carbons (Fsp3) is 0.318. The molecule has 0 unspecified atom stereocenters. The van der Waals surface area contributed by atoms with Gasteiger partial charge in [0, 0.05) is 6.04 Å². The van der Waals surface area contributed by atoms with E-state index < -0.39 is 5.25 Å². The van der Waals surface area contributed by atoms with Crippen molar-refractivity contribution in [1.82, 2.24) is 14.9 Å². The third kappa shape index (κ3) is 4.67. The van der Waals surface area contributed by atoms with Gasteiger partial charge in [-0.05, 0) is 57.5 Å². The summed E-state index contributed by atoms with van der Waals surface area (Å²) in [5.41, 5.74) is 1.32. The van der Waals surface area contributed by atoms with Gasteiger partial charge in [-0.1, -0.05) is 36.0 Å². The second-order valence-electron chi connectivity index (χ2n) is 7.22. The van der Waals surface area contributed by atoms with Crippen molar-refractivity contribution in [2.75, 3.05) is 0 Å². The zero-order chi connectivity index (χ0) is 21.1. The second kappa shape index (κ2) is 8.78. The summed E-state index contributed by atoms with van der Waals surface area (Å²) in [4.78, 5) is 30.2. The average Bonchev–Trinajstić information content (AvgIpc) is 2.68. The summed E-state index contributed by atoms with van der Waals surface area (Å²) in [7, 11) is 0. The van der Waals surface area contributed by atoms with Crippen molar-refractivity contribution in [2.24, 2.45) is 0 Å². The Labute approximate surface area is 173 Å². The number of nitrogens with one attached hydrogen (secondary N) is 1. The standard InChI is InChI=1S/C22H24FN3O2S/c1-13(2)26-21(28)18-7-5-6-8-19(18)25-22(26)29-15(4)20(27)24-14(3)16-9-11-17(23)12-10-16/h5-15H,1-4H3,(H,24,27)/t14-,15+/m0/s1. The van der Waals surface area contributed by atoms with Crippen molar-refractivity contribution >= 4 is 28.6 Å². The summed E-state index contributed by atoms with van der Waals surface area (Å²) in [6.07, 6.45) is 0. The number of aromatic nitrogens is 2. The van der Waals surface area contributed by atoms with E-state index in [2.05, 4.69) is 10.3 Å². The fourth-order valence-corrected chi connectivity index (χ4v) is 4.09. The summed E-state index contributed by atoms with van der Waals surface area (Å²) < 4.78 is 14.7. The first-order chi connectivity index (χ1) is 13.8. The third-order valence-corrected chi connectivity index (χ3v) is 5.74. The number of nitrogens with zero attached hydrogens (tertiary/aromatic N) is 2. The van der Waals surface area contributed by atoms with Gasteiger partial charge < -0.3 is 5.32 Å². The van der Waals surface area contributed by atoms with Crippen LogP contribution < -0.4 is 10.9 Å². The van der Waals surface area contributed by atoms with E-state index in [0.29, 0.717) is 16.1 Å². The Balaban J connectivity index is 1.82. The molecule has 1 aromatic heterocycles. The quantitative estimate of drug-likeness (QED) is 0.478. The van der Waals surface area contributed by atoms with Crippen LogP contribution in [-0.2, 0) is 4.79 Å². The van der Waals surface area contributed by atoms with Gasteiger partial charge in [0.2, 0.25) is 5.91 Å². The van der Waals surface area contributed by atoms with Crippen LogP contribution in [0.1, 0.15) is 45.3 Å². The van der Waals surface area contributed by atoms with Crippen LogP contribution in [0.5, 0.6) is 0 Å². The van der Waals surface area contributed by atoms with Crippen molar-refractivity contribution in [3.05, 3.63) is 70.3 Å². The number of fused-ring (bicyclic) bond motifs is 1. The van der Waals surface area contributed by atoms with Crippen LogP contribution in [0.2, 0.25) is 0 Å². The highest BCUT2D eigenvalue weighted by Gasteiger charge is 2.22. The molecule has 1 heterocycles. The molecule has 7 heteroatoms. The minimum atomic E-state index is -0.462. The number of rotatable bonds is 6. The number of carbonyl (C=O) groups is 1. The van der Waals surface area contributed by atoms with Crippen molar-refractivity contribution in [1.29, 1.82) is 0 Å². The molecule has 3 aromatic rings. The van der Waals surface area contributed by atoms with E-state index >= 15 is 0 Å². The number of thioether (sulfide) groups is 1. The minimum absolute atomic E-state index is 0.0875. The van der Waals surface area contributed by atoms with Crippen LogP contribution in [0.25, 0.3) is 10.9 Å². The summed E-state index contributed by atoms with van der Waals surface area (Å²) >= 11 is 1.26. The number of para-hydroxylation sites is 1. The van der Waals surface area contributed by atoms with Crippen molar-refractivity contribution < 1.29 is 9.18 Å². The molecule has 3 rings (SSSR count). The summed E-state index contributed by atoms with van der Waals surface area (Å²) in [6, 6.07) is 12.9. The van der Waals surface area contributed by atoms with Crippen LogP contribution in [0.15, 0.2) is 58.5 Å². The third-order valence-electron chi connectivity index (χ3n) is 4.67. The monoisotopic (exact) mass is 413 g/mol. The zero-order valence-corrected chi connectivity index (χ0v) is 17.7. The van der Waals surface area contributed by atoms with Crippen molar-refractivity contribution in [3.8, 4) is 0 Å². The maximum atomic E-state index is 13.1. The topological polar surface area (TPSA) is 64.0 Å². The summed E-state index contributed by atoms with van der Waals surface area (Å²) in [6.45, 7) is 7.47. The fourth-order valence-electron chi connectivity index (χ4n) is 3.04. The largest absolute Gasteiger partial charge is 0.349 e. The molecule has 0 saturated heterocycles. The van der Waals surface area contributed by atoms with Gasteiger partial charge in [-0.3, -0.25) is 14.2 Å². The van der Waals surface area contributed by atoms with E-state index in [-0.39, 0.29) is 29.4 Å². The van der Waals surface area contributed by atoms with Gasteiger partial charge in [-0.25, -0.2) is 9.37 Å².